The Labute approximate surface area is 220 Å². The largest absolute Gasteiger partial charge is 0.466 e. The van der Waals surface area contributed by atoms with Crippen LogP contribution in [0, 0.1) is 25.7 Å². The Morgan fingerprint density at radius 2 is 2.11 bits per heavy atom. The van der Waals surface area contributed by atoms with Gasteiger partial charge in [0.05, 0.1) is 24.5 Å². The molecule has 3 aliphatic rings. The first-order valence-electron chi connectivity index (χ1n) is 12.6. The number of aliphatic hydroxyl groups excluding tert-OH is 1. The molecule has 0 aliphatic carbocycles. The molecule has 3 aliphatic heterocycles. The number of likely N-dealkylation sites (tertiary alicyclic amines) is 1. The Morgan fingerprint density at radius 1 is 1.36 bits per heavy atom. The summed E-state index contributed by atoms with van der Waals surface area (Å²) in [5.41, 5.74) is 1.56. The molecule has 0 saturated carbocycles. The highest BCUT2D eigenvalue weighted by molar-refractivity contribution is 9.09. The van der Waals surface area contributed by atoms with Crippen molar-refractivity contribution in [2.75, 3.05) is 31.2 Å². The van der Waals surface area contributed by atoms with Gasteiger partial charge in [-0.25, -0.2) is 0 Å². The SMILES string of the molecule is C=CCN(C(=O)C1N(CCCCO)C(=O)[C@@H]2[C@H](C(=O)OCC)[C@H]3OC12CC3Br)c1cc(C)ccc1C. The molecule has 1 N–H and O–H groups in total. The second-order valence-corrected chi connectivity index (χ2v) is 11.1. The average molecular weight is 563 g/mol. The molecular formula is C27H35BrN2O6. The number of nitrogens with zero attached hydrogens (tertiary/aromatic N) is 2. The van der Waals surface area contributed by atoms with E-state index in [1.54, 1.807) is 22.8 Å². The molecule has 1 aromatic rings. The van der Waals surface area contributed by atoms with E-state index >= 15 is 0 Å². The number of ether oxygens (including phenoxy) is 2. The molecule has 36 heavy (non-hydrogen) atoms. The number of carbonyl (C=O) groups is 3. The van der Waals surface area contributed by atoms with E-state index < -0.39 is 35.6 Å². The molecule has 9 heteroatoms. The van der Waals surface area contributed by atoms with Gasteiger partial charge in [-0.2, -0.15) is 0 Å². The van der Waals surface area contributed by atoms with Crippen molar-refractivity contribution in [3.63, 3.8) is 0 Å². The van der Waals surface area contributed by atoms with E-state index in [4.69, 9.17) is 9.47 Å². The molecule has 3 unspecified atom stereocenters. The van der Waals surface area contributed by atoms with Crippen molar-refractivity contribution < 1.29 is 29.0 Å². The van der Waals surface area contributed by atoms with Gasteiger partial charge in [-0.15, -0.1) is 6.58 Å². The lowest BCUT2D eigenvalue weighted by atomic mass is 9.70. The first kappa shape index (κ1) is 26.8. The first-order valence-corrected chi connectivity index (χ1v) is 13.5. The highest BCUT2D eigenvalue weighted by atomic mass is 79.9. The van der Waals surface area contributed by atoms with Crippen LogP contribution in [0.2, 0.25) is 0 Å². The molecule has 2 amide bonds. The number of hydrogen-bond acceptors (Lipinski definition) is 6. The van der Waals surface area contributed by atoms with Crippen molar-refractivity contribution in [3.8, 4) is 0 Å². The van der Waals surface area contributed by atoms with Crippen LogP contribution >= 0.6 is 15.9 Å². The summed E-state index contributed by atoms with van der Waals surface area (Å²) in [4.78, 5) is 44.4. The summed E-state index contributed by atoms with van der Waals surface area (Å²) < 4.78 is 11.8. The molecule has 4 rings (SSSR count). The number of benzene rings is 1. The van der Waals surface area contributed by atoms with Crippen LogP contribution in [0.25, 0.3) is 0 Å². The van der Waals surface area contributed by atoms with Crippen molar-refractivity contribution in [3.05, 3.63) is 42.0 Å². The number of halogens is 1. The number of fused-ring (bicyclic) bond motifs is 1. The second-order valence-electron chi connectivity index (χ2n) is 9.91. The predicted octanol–water partition coefficient (Wildman–Crippen LogP) is 2.91. The molecule has 8 nitrogen and oxygen atoms in total. The van der Waals surface area contributed by atoms with E-state index in [2.05, 4.69) is 22.5 Å². The van der Waals surface area contributed by atoms with Gasteiger partial charge in [-0.3, -0.25) is 14.4 Å². The first-order chi connectivity index (χ1) is 17.2. The molecule has 3 heterocycles. The summed E-state index contributed by atoms with van der Waals surface area (Å²) in [5.74, 6) is -2.54. The van der Waals surface area contributed by atoms with Gasteiger partial charge in [0.2, 0.25) is 5.91 Å². The third kappa shape index (κ3) is 4.29. The maximum atomic E-state index is 14.4. The number of unbranched alkanes of at least 4 members (excludes halogenated alkanes) is 1. The van der Waals surface area contributed by atoms with Gasteiger partial charge in [0.25, 0.3) is 5.91 Å². The zero-order valence-electron chi connectivity index (χ0n) is 21.1. The quantitative estimate of drug-likeness (QED) is 0.204. The number of aliphatic hydroxyl groups is 1. The molecule has 3 fully saturated rings. The lowest BCUT2D eigenvalue weighted by molar-refractivity contribution is -0.154. The van der Waals surface area contributed by atoms with Gasteiger partial charge in [-0.05, 0) is 57.2 Å². The third-order valence-electron chi connectivity index (χ3n) is 7.62. The molecule has 6 atom stereocenters. The zero-order chi connectivity index (χ0) is 26.2. The summed E-state index contributed by atoms with van der Waals surface area (Å²) in [5, 5.41) is 9.34. The number of anilines is 1. The van der Waals surface area contributed by atoms with Crippen molar-refractivity contribution in [2.45, 2.75) is 62.6 Å². The molecule has 196 valence electrons. The van der Waals surface area contributed by atoms with Crippen molar-refractivity contribution in [1.29, 1.82) is 0 Å². The van der Waals surface area contributed by atoms with Crippen molar-refractivity contribution in [2.24, 2.45) is 11.8 Å². The smallest absolute Gasteiger partial charge is 0.312 e. The number of alkyl halides is 1. The maximum absolute atomic E-state index is 14.4. The van der Waals surface area contributed by atoms with Crippen LogP contribution in [-0.2, 0) is 23.9 Å². The second kappa shape index (κ2) is 10.6. The van der Waals surface area contributed by atoms with E-state index in [1.807, 2.05) is 32.0 Å². The summed E-state index contributed by atoms with van der Waals surface area (Å²) in [6, 6.07) is 5.01. The normalized spacial score (nSPS) is 30.4. The lowest BCUT2D eigenvalue weighted by Gasteiger charge is -2.37. The maximum Gasteiger partial charge on any atom is 0.312 e. The number of esters is 1. The fourth-order valence-electron chi connectivity index (χ4n) is 6.15. The summed E-state index contributed by atoms with van der Waals surface area (Å²) in [7, 11) is 0. The molecule has 2 bridgehead atoms. The monoisotopic (exact) mass is 562 g/mol. The fraction of sp³-hybridized carbons (Fsp3) is 0.593. The minimum atomic E-state index is -1.14. The van der Waals surface area contributed by atoms with E-state index in [1.165, 1.54) is 0 Å². The Kier molecular flexibility index (Phi) is 7.92. The molecular weight excluding hydrogens is 528 g/mol. The number of rotatable bonds is 10. The van der Waals surface area contributed by atoms with E-state index in [0.717, 1.165) is 16.8 Å². The van der Waals surface area contributed by atoms with Gasteiger partial charge < -0.3 is 24.4 Å². The van der Waals surface area contributed by atoms with Crippen LogP contribution < -0.4 is 4.90 Å². The Balaban J connectivity index is 1.80. The highest BCUT2D eigenvalue weighted by Crippen LogP contribution is 2.60. The Bertz CT molecular complexity index is 1050. The molecule has 1 aromatic carbocycles. The number of carbonyl (C=O) groups excluding carboxylic acids is 3. The topological polar surface area (TPSA) is 96.4 Å². The van der Waals surface area contributed by atoms with Crippen LogP contribution in [0.1, 0.15) is 37.3 Å². The Hall–Kier alpha value is -2.23. The molecule has 1 spiro atoms. The number of amides is 2. The van der Waals surface area contributed by atoms with Gasteiger partial charge in [0, 0.05) is 30.2 Å². The lowest BCUT2D eigenvalue weighted by Crippen LogP contribution is -2.57. The Morgan fingerprint density at radius 3 is 2.78 bits per heavy atom. The van der Waals surface area contributed by atoms with Crippen LogP contribution in [0.15, 0.2) is 30.9 Å². The average Bonchev–Trinajstić information content (AvgIpc) is 3.43. The van der Waals surface area contributed by atoms with Gasteiger partial charge in [0.1, 0.15) is 11.6 Å². The van der Waals surface area contributed by atoms with E-state index in [-0.39, 0.29) is 36.4 Å². The van der Waals surface area contributed by atoms with Crippen LogP contribution in [0.4, 0.5) is 5.69 Å². The predicted molar refractivity (Wildman–Crippen MR) is 139 cm³/mol. The van der Waals surface area contributed by atoms with Crippen LogP contribution in [0.5, 0.6) is 0 Å². The fourth-order valence-corrected chi connectivity index (χ4v) is 7.09. The summed E-state index contributed by atoms with van der Waals surface area (Å²) >= 11 is 3.66. The number of hydrogen-bond donors (Lipinski definition) is 1. The zero-order valence-corrected chi connectivity index (χ0v) is 22.7. The molecule has 0 radical (unpaired) electrons. The highest BCUT2D eigenvalue weighted by Gasteiger charge is 2.77. The van der Waals surface area contributed by atoms with Gasteiger partial charge in [0.15, 0.2) is 0 Å². The van der Waals surface area contributed by atoms with Crippen molar-refractivity contribution in [1.82, 2.24) is 4.90 Å². The van der Waals surface area contributed by atoms with E-state index in [0.29, 0.717) is 25.8 Å². The third-order valence-corrected chi connectivity index (χ3v) is 8.47. The minimum Gasteiger partial charge on any atom is -0.466 e. The van der Waals surface area contributed by atoms with E-state index in [9.17, 15) is 19.5 Å². The molecule has 3 saturated heterocycles. The van der Waals surface area contributed by atoms with Crippen LogP contribution in [0.3, 0.4) is 0 Å². The summed E-state index contributed by atoms with van der Waals surface area (Å²) in [6.45, 7) is 10.3. The molecule has 0 aromatic heterocycles. The van der Waals surface area contributed by atoms with Crippen LogP contribution in [-0.4, -0.2) is 76.7 Å². The van der Waals surface area contributed by atoms with Gasteiger partial charge >= 0.3 is 5.97 Å². The van der Waals surface area contributed by atoms with Gasteiger partial charge in [-0.1, -0.05) is 34.1 Å². The standard InChI is InChI=1S/C27H35BrN2O6/c1-5-11-29(19-14-16(3)9-10-17(19)4)25(33)23-27-15-18(28)22(36-27)20(26(34)35-6-2)21(27)24(32)30(23)12-7-8-13-31/h5,9-10,14,18,20-23,31H,1,6-8,11-13,15H2,2-4H3/t18?,20-,21-,22-,23?,27?/m0/s1. The number of aryl methyl sites for hydroxylation is 2. The minimum absolute atomic E-state index is 0.00616. The van der Waals surface area contributed by atoms with Crippen molar-refractivity contribution >= 4 is 39.4 Å². The summed E-state index contributed by atoms with van der Waals surface area (Å²) in [6.07, 6.45) is 2.60.